The molecule has 52 valence electrons. The van der Waals surface area contributed by atoms with E-state index in [1.54, 1.807) is 0 Å². The van der Waals surface area contributed by atoms with Crippen molar-refractivity contribution in [1.82, 2.24) is 0 Å². The van der Waals surface area contributed by atoms with Gasteiger partial charge < -0.3 is 9.84 Å². The number of carbonyl (C=O) groups excluding carboxylic acids is 1. The van der Waals surface area contributed by atoms with Crippen LogP contribution in [-0.4, -0.2) is 23.3 Å². The van der Waals surface area contributed by atoms with E-state index in [0.29, 0.717) is 12.8 Å². The first-order valence-electron chi connectivity index (χ1n) is 3.04. The van der Waals surface area contributed by atoms with Crippen molar-refractivity contribution in [2.75, 3.05) is 0 Å². The van der Waals surface area contributed by atoms with Crippen LogP contribution in [-0.2, 0) is 9.53 Å². The van der Waals surface area contributed by atoms with Gasteiger partial charge in [0, 0.05) is 6.42 Å². The van der Waals surface area contributed by atoms with Gasteiger partial charge in [0.25, 0.3) is 0 Å². The zero-order valence-electron chi connectivity index (χ0n) is 5.33. The molecule has 1 N–H and O–H groups in total. The van der Waals surface area contributed by atoms with Crippen LogP contribution < -0.4 is 0 Å². The van der Waals surface area contributed by atoms with Crippen LogP contribution in [0.5, 0.6) is 0 Å². The van der Waals surface area contributed by atoms with Gasteiger partial charge in [0.15, 0.2) is 12.1 Å². The van der Waals surface area contributed by atoms with Crippen LogP contribution in [0.2, 0.25) is 0 Å². The summed E-state index contributed by atoms with van der Waals surface area (Å²) in [5.41, 5.74) is 0. The summed E-state index contributed by atoms with van der Waals surface area (Å²) in [6, 6.07) is 0. The van der Waals surface area contributed by atoms with Crippen molar-refractivity contribution in [3.05, 3.63) is 0 Å². The highest BCUT2D eigenvalue weighted by Crippen LogP contribution is 2.17. The second-order valence-corrected chi connectivity index (χ2v) is 2.27. The van der Waals surface area contributed by atoms with Crippen LogP contribution in [0.1, 0.15) is 19.8 Å². The van der Waals surface area contributed by atoms with Gasteiger partial charge in [-0.2, -0.15) is 0 Å². The first kappa shape index (κ1) is 6.71. The largest absolute Gasteiger partial charge is 0.368 e. The van der Waals surface area contributed by atoms with Gasteiger partial charge in [-0.25, -0.2) is 0 Å². The quantitative estimate of drug-likeness (QED) is 0.546. The summed E-state index contributed by atoms with van der Waals surface area (Å²) in [5, 5.41) is 8.77. The number of rotatable bonds is 1. The van der Waals surface area contributed by atoms with E-state index < -0.39 is 6.29 Å². The van der Waals surface area contributed by atoms with Gasteiger partial charge in [-0.1, -0.05) is 0 Å². The standard InChI is InChI=1S/C6H10O3/c1-4(7)5-2-3-6(8)9-5/h5-6,8H,2-3H2,1H3. The predicted molar refractivity (Wildman–Crippen MR) is 30.8 cm³/mol. The van der Waals surface area contributed by atoms with Crippen LogP contribution in [0.15, 0.2) is 0 Å². The average molecular weight is 130 g/mol. The normalized spacial score (nSPS) is 34.9. The first-order valence-corrected chi connectivity index (χ1v) is 3.04. The van der Waals surface area contributed by atoms with E-state index in [2.05, 4.69) is 0 Å². The Morgan fingerprint density at radius 2 is 2.33 bits per heavy atom. The van der Waals surface area contributed by atoms with Crippen molar-refractivity contribution in [2.45, 2.75) is 32.2 Å². The predicted octanol–water partition coefficient (Wildman–Crippen LogP) is 0.0728. The Kier molecular flexibility index (Phi) is 1.83. The number of aliphatic hydroxyl groups is 1. The lowest BCUT2D eigenvalue weighted by Gasteiger charge is -2.04. The van der Waals surface area contributed by atoms with Crippen molar-refractivity contribution in [1.29, 1.82) is 0 Å². The van der Waals surface area contributed by atoms with Gasteiger partial charge in [-0.3, -0.25) is 4.79 Å². The van der Waals surface area contributed by atoms with Crippen molar-refractivity contribution < 1.29 is 14.6 Å². The lowest BCUT2D eigenvalue weighted by Crippen LogP contribution is -2.17. The van der Waals surface area contributed by atoms with Crippen molar-refractivity contribution in [3.63, 3.8) is 0 Å². The minimum Gasteiger partial charge on any atom is -0.368 e. The molecule has 1 aliphatic rings. The van der Waals surface area contributed by atoms with Gasteiger partial charge >= 0.3 is 0 Å². The fourth-order valence-corrected chi connectivity index (χ4v) is 0.919. The fraction of sp³-hybridized carbons (Fsp3) is 0.833. The van der Waals surface area contributed by atoms with Crippen LogP contribution in [0.25, 0.3) is 0 Å². The molecule has 3 nitrogen and oxygen atoms in total. The molecule has 0 amide bonds. The molecule has 1 saturated heterocycles. The highest BCUT2D eigenvalue weighted by Gasteiger charge is 2.26. The second-order valence-electron chi connectivity index (χ2n) is 2.27. The molecule has 9 heavy (non-hydrogen) atoms. The molecule has 0 aliphatic carbocycles. The Morgan fingerprint density at radius 3 is 2.56 bits per heavy atom. The van der Waals surface area contributed by atoms with E-state index in [9.17, 15) is 4.79 Å². The number of ketones is 1. The molecule has 0 aromatic carbocycles. The molecule has 3 heteroatoms. The number of Topliss-reactive ketones (excluding diaryl/α,β-unsaturated/α-hetero) is 1. The minimum absolute atomic E-state index is 0.00606. The summed E-state index contributed by atoms with van der Waals surface area (Å²) in [5.74, 6) is 0.00606. The topological polar surface area (TPSA) is 46.5 Å². The van der Waals surface area contributed by atoms with E-state index in [0.717, 1.165) is 0 Å². The number of ether oxygens (including phenoxy) is 1. The van der Waals surface area contributed by atoms with Crippen LogP contribution in [0, 0.1) is 0 Å². The third-order valence-electron chi connectivity index (χ3n) is 1.45. The molecule has 0 aromatic heterocycles. The molecule has 1 aliphatic heterocycles. The maximum Gasteiger partial charge on any atom is 0.158 e. The number of hydrogen-bond donors (Lipinski definition) is 1. The highest BCUT2D eigenvalue weighted by molar-refractivity contribution is 5.80. The van der Waals surface area contributed by atoms with E-state index in [4.69, 9.17) is 9.84 Å². The fourth-order valence-electron chi connectivity index (χ4n) is 0.919. The first-order chi connectivity index (χ1) is 4.20. The summed E-state index contributed by atoms with van der Waals surface area (Å²) < 4.78 is 4.83. The Hall–Kier alpha value is -0.410. The van der Waals surface area contributed by atoms with Gasteiger partial charge in [0.05, 0.1) is 0 Å². The Bertz CT molecular complexity index is 121. The van der Waals surface area contributed by atoms with Gasteiger partial charge in [-0.15, -0.1) is 0 Å². The van der Waals surface area contributed by atoms with Crippen molar-refractivity contribution >= 4 is 5.78 Å². The lowest BCUT2D eigenvalue weighted by atomic mass is 10.2. The van der Waals surface area contributed by atoms with E-state index in [1.807, 2.05) is 0 Å². The highest BCUT2D eigenvalue weighted by atomic mass is 16.6. The van der Waals surface area contributed by atoms with Crippen LogP contribution >= 0.6 is 0 Å². The van der Waals surface area contributed by atoms with Gasteiger partial charge in [-0.05, 0) is 13.3 Å². The smallest absolute Gasteiger partial charge is 0.158 e. The molecule has 1 fully saturated rings. The molecule has 0 saturated carbocycles. The Morgan fingerprint density at radius 1 is 1.67 bits per heavy atom. The second kappa shape index (κ2) is 2.45. The summed E-state index contributed by atoms with van der Waals surface area (Å²) in [4.78, 5) is 10.6. The Labute approximate surface area is 53.6 Å². The maximum absolute atomic E-state index is 10.6. The molecule has 0 bridgehead atoms. The molecule has 0 radical (unpaired) electrons. The molecule has 0 spiro atoms. The number of aliphatic hydroxyl groups excluding tert-OH is 1. The third-order valence-corrected chi connectivity index (χ3v) is 1.45. The summed E-state index contributed by atoms with van der Waals surface area (Å²) in [6.45, 7) is 1.47. The zero-order chi connectivity index (χ0) is 6.85. The third kappa shape index (κ3) is 1.50. The molecule has 2 unspecified atom stereocenters. The molecule has 0 aromatic rings. The SMILES string of the molecule is CC(=O)C1CCC(O)O1. The monoisotopic (exact) mass is 130 g/mol. The summed E-state index contributed by atoms with van der Waals surface area (Å²) >= 11 is 0. The summed E-state index contributed by atoms with van der Waals surface area (Å²) in [6.07, 6.45) is 0.194. The van der Waals surface area contributed by atoms with Crippen molar-refractivity contribution in [2.24, 2.45) is 0 Å². The van der Waals surface area contributed by atoms with Gasteiger partial charge in [0.1, 0.15) is 6.10 Å². The lowest BCUT2D eigenvalue weighted by molar-refractivity contribution is -0.138. The molecule has 2 atom stereocenters. The average Bonchev–Trinajstić information content (AvgIpc) is 2.14. The molecule has 1 rings (SSSR count). The number of hydrogen-bond acceptors (Lipinski definition) is 3. The van der Waals surface area contributed by atoms with Gasteiger partial charge in [0.2, 0.25) is 0 Å². The van der Waals surface area contributed by atoms with Crippen LogP contribution in [0.4, 0.5) is 0 Å². The van der Waals surface area contributed by atoms with Crippen LogP contribution in [0.3, 0.4) is 0 Å². The molecule has 1 heterocycles. The summed E-state index contributed by atoms with van der Waals surface area (Å²) in [7, 11) is 0. The van der Waals surface area contributed by atoms with E-state index in [1.165, 1.54) is 6.92 Å². The van der Waals surface area contributed by atoms with Crippen molar-refractivity contribution in [3.8, 4) is 0 Å². The maximum atomic E-state index is 10.6. The van der Waals surface area contributed by atoms with E-state index >= 15 is 0 Å². The minimum atomic E-state index is -0.709. The Balaban J connectivity index is 2.39. The molecular formula is C6H10O3. The molecular weight excluding hydrogens is 120 g/mol. The zero-order valence-corrected chi connectivity index (χ0v) is 5.33. The number of carbonyl (C=O) groups is 1. The van der Waals surface area contributed by atoms with E-state index in [-0.39, 0.29) is 11.9 Å².